The number of halogens is 2. The number of likely N-dealkylation sites (tertiary alicyclic amines) is 1. The number of ether oxygens (including phenoxy) is 2. The molecule has 7 N–H and O–H groups in total. The molecule has 2 aliphatic rings. The number of H-pyrrole nitrogens is 2. The van der Waals surface area contributed by atoms with Crippen LogP contribution in [-0.4, -0.2) is 101 Å². The molecule has 1 aliphatic carbocycles. The van der Waals surface area contributed by atoms with E-state index in [0.717, 1.165) is 69.3 Å². The highest BCUT2D eigenvalue weighted by Crippen LogP contribution is 2.36. The summed E-state index contributed by atoms with van der Waals surface area (Å²) in [4.78, 5) is 66.3. The molecule has 12 rings (SSSR count). The second-order valence-corrected chi connectivity index (χ2v) is 20.6. The first-order valence-corrected chi connectivity index (χ1v) is 27.8. The van der Waals surface area contributed by atoms with Crippen molar-refractivity contribution in [3.63, 3.8) is 0 Å². The maximum absolute atomic E-state index is 12.8. The molecular formula is C56H59Cl2N15O6S2. The zero-order valence-corrected chi connectivity index (χ0v) is 47.4. The van der Waals surface area contributed by atoms with Crippen LogP contribution in [0, 0.1) is 4.91 Å². The molecule has 81 heavy (non-hydrogen) atoms. The molecule has 4 aromatic carbocycles. The number of thiazole rings is 2. The maximum Gasteiger partial charge on any atom is 0.317 e. The third kappa shape index (κ3) is 14.7. The Labute approximate surface area is 485 Å². The van der Waals surface area contributed by atoms with E-state index in [0.29, 0.717) is 87.2 Å². The van der Waals surface area contributed by atoms with Gasteiger partial charge in [-0.15, -0.1) is 24.8 Å². The molecule has 0 unspecified atom stereocenters. The SMILES string of the molecule is CCN=O.CCNC(=O)N1CCC[C@@H](Nc2n[nH]c3nccc(Oc4ccc(C(=O)Nc5nc6ccccc6s5)cc4)c23)C1.Cl.Cl.O=C(Nc1nc2ccccc2s1)c1ccc(Oc2ccnc3[nH]nc(NC4CCCCC4)c23)cc1. The number of aromatic amines is 2. The van der Waals surface area contributed by atoms with Crippen LogP contribution < -0.4 is 36.1 Å². The number of para-hydroxylation sites is 2. The Morgan fingerprint density at radius 1 is 0.630 bits per heavy atom. The number of nitrogens with zero attached hydrogens (tertiary/aromatic N) is 8. The molecule has 0 bridgehead atoms. The molecule has 25 heteroatoms. The van der Waals surface area contributed by atoms with E-state index < -0.39 is 0 Å². The number of hydrogen-bond donors (Lipinski definition) is 7. The number of amides is 4. The minimum atomic E-state index is -0.243. The first-order chi connectivity index (χ1) is 38.7. The summed E-state index contributed by atoms with van der Waals surface area (Å²) in [6.07, 6.45) is 11.2. The number of rotatable bonds is 14. The zero-order valence-electron chi connectivity index (χ0n) is 44.1. The van der Waals surface area contributed by atoms with Crippen molar-refractivity contribution in [2.45, 2.75) is 70.9 Å². The lowest BCUT2D eigenvalue weighted by molar-refractivity contribution is 0.101. The summed E-state index contributed by atoms with van der Waals surface area (Å²) in [5.74, 6) is 3.35. The lowest BCUT2D eigenvalue weighted by Gasteiger charge is -2.33. The van der Waals surface area contributed by atoms with E-state index in [1.54, 1.807) is 73.9 Å². The van der Waals surface area contributed by atoms with Gasteiger partial charge in [0.05, 0.1) is 27.0 Å². The van der Waals surface area contributed by atoms with Gasteiger partial charge < -0.3 is 30.3 Å². The van der Waals surface area contributed by atoms with Crippen LogP contribution in [0.15, 0.2) is 127 Å². The molecule has 1 saturated heterocycles. The Morgan fingerprint density at radius 3 is 1.57 bits per heavy atom. The van der Waals surface area contributed by atoms with Crippen LogP contribution in [0.25, 0.3) is 42.5 Å². The van der Waals surface area contributed by atoms with Crippen molar-refractivity contribution in [3.05, 3.63) is 138 Å². The topological polar surface area (TPSA) is 271 Å². The summed E-state index contributed by atoms with van der Waals surface area (Å²) in [6.45, 7) is 5.91. The van der Waals surface area contributed by atoms with E-state index in [1.807, 2.05) is 66.4 Å². The normalized spacial score (nSPS) is 14.0. The van der Waals surface area contributed by atoms with Gasteiger partial charge in [-0.25, -0.2) is 24.7 Å². The number of fused-ring (bicyclic) bond motifs is 4. The first kappa shape index (κ1) is 58.6. The molecule has 1 saturated carbocycles. The number of carbonyl (C=O) groups is 3. The number of carbonyl (C=O) groups excluding carboxylic acids is 3. The van der Waals surface area contributed by atoms with Crippen molar-refractivity contribution >= 4 is 130 Å². The Morgan fingerprint density at radius 2 is 1.10 bits per heavy atom. The van der Waals surface area contributed by atoms with Gasteiger partial charge in [0.25, 0.3) is 11.8 Å². The van der Waals surface area contributed by atoms with Crippen LogP contribution >= 0.6 is 47.5 Å². The monoisotopic (exact) mass is 1170 g/mol. The number of nitroso groups, excluding NO2 is 1. The number of nitrogens with one attached hydrogen (secondary N) is 7. The van der Waals surface area contributed by atoms with Crippen molar-refractivity contribution < 1.29 is 23.9 Å². The number of pyridine rings is 2. The van der Waals surface area contributed by atoms with Gasteiger partial charge >= 0.3 is 6.03 Å². The lowest BCUT2D eigenvalue weighted by Crippen LogP contribution is -2.49. The van der Waals surface area contributed by atoms with Crippen LogP contribution in [-0.2, 0) is 0 Å². The molecule has 7 heterocycles. The highest BCUT2D eigenvalue weighted by atomic mass is 35.5. The van der Waals surface area contributed by atoms with Gasteiger partial charge in [0.1, 0.15) is 33.8 Å². The average molecular weight is 1170 g/mol. The standard InChI is InChI=1S/C28H28N8O3S.C26H24N6O2S.C2H5NO.2ClH/c1-2-29-28(38)36-15-5-6-18(16-36)31-25-23-21(13-14-30-24(23)34-35-25)39-19-11-9-17(10-12-19)26(37)33-27-32-20-7-3-4-8-22(20)40-27;33-25(30-26-29-19-8-4-5-9-21(19)35-26)16-10-12-18(13-11-16)34-20-14-15-27-23-22(20)24(32-31-23)28-17-6-2-1-3-7-17;1-2-3-4;;/h3-4,7-14,18H,2,5-6,15-16H2,1H3,(H,29,38)(H,32,33,37)(H2,30,31,34,35);4-5,8-15,17H,1-3,6-7H2,(H,29,30,33)(H2,27,28,31,32);2H2,1H3;2*1H/t18-;;;;/m1..../s1. The van der Waals surface area contributed by atoms with Crippen LogP contribution in [0.5, 0.6) is 23.0 Å². The van der Waals surface area contributed by atoms with E-state index in [1.165, 1.54) is 41.9 Å². The highest BCUT2D eigenvalue weighted by Gasteiger charge is 2.26. The summed E-state index contributed by atoms with van der Waals surface area (Å²) in [6, 6.07) is 33.6. The Balaban J connectivity index is 0.000000196. The second-order valence-electron chi connectivity index (χ2n) is 18.5. The number of hydrogen-bond acceptors (Lipinski definition) is 17. The van der Waals surface area contributed by atoms with E-state index in [-0.39, 0.29) is 48.7 Å². The summed E-state index contributed by atoms with van der Waals surface area (Å²) in [7, 11) is 0. The van der Waals surface area contributed by atoms with Gasteiger partial charge in [0.2, 0.25) is 0 Å². The predicted octanol–water partition coefficient (Wildman–Crippen LogP) is 13.2. The number of urea groups is 1. The van der Waals surface area contributed by atoms with Crippen LogP contribution in [0.4, 0.5) is 26.7 Å². The van der Waals surface area contributed by atoms with Crippen LogP contribution in [0.1, 0.15) is 79.5 Å². The third-order valence-electron chi connectivity index (χ3n) is 13.0. The molecule has 1 aliphatic heterocycles. The highest BCUT2D eigenvalue weighted by molar-refractivity contribution is 7.22. The molecule has 21 nitrogen and oxygen atoms in total. The molecule has 0 spiro atoms. The lowest BCUT2D eigenvalue weighted by atomic mass is 9.95. The van der Waals surface area contributed by atoms with Gasteiger partial charge in [0.15, 0.2) is 33.2 Å². The molecule has 6 aromatic heterocycles. The van der Waals surface area contributed by atoms with Gasteiger partial charge in [-0.3, -0.25) is 30.4 Å². The fraction of sp³-hybridized carbons (Fsp3) is 0.268. The number of piperidine rings is 1. The van der Waals surface area contributed by atoms with Crippen molar-refractivity contribution in [1.82, 2.24) is 50.5 Å². The largest absolute Gasteiger partial charge is 0.456 e. The fourth-order valence-electron chi connectivity index (χ4n) is 9.19. The van der Waals surface area contributed by atoms with Crippen molar-refractivity contribution in [2.24, 2.45) is 5.18 Å². The van der Waals surface area contributed by atoms with Gasteiger partial charge in [0, 0.05) is 67.4 Å². The van der Waals surface area contributed by atoms with Crippen LogP contribution in [0.2, 0.25) is 0 Å². The second kappa shape index (κ2) is 28.1. The molecule has 4 amide bonds. The number of benzene rings is 4. The van der Waals surface area contributed by atoms with Crippen molar-refractivity contribution in [3.8, 4) is 23.0 Å². The van der Waals surface area contributed by atoms with Gasteiger partial charge in [-0.05, 0) is 112 Å². The van der Waals surface area contributed by atoms with Crippen molar-refractivity contribution in [2.75, 3.05) is 47.4 Å². The zero-order chi connectivity index (χ0) is 54.5. The Hall–Kier alpha value is -8.51. The van der Waals surface area contributed by atoms with Gasteiger partial charge in [-0.1, -0.05) is 71.4 Å². The number of anilines is 4. The third-order valence-corrected chi connectivity index (χ3v) is 14.9. The van der Waals surface area contributed by atoms with Crippen LogP contribution in [0.3, 0.4) is 0 Å². The summed E-state index contributed by atoms with van der Waals surface area (Å²) in [5, 5.41) is 35.7. The van der Waals surface area contributed by atoms with E-state index in [4.69, 9.17) is 14.4 Å². The van der Waals surface area contributed by atoms with Crippen molar-refractivity contribution in [1.29, 1.82) is 0 Å². The summed E-state index contributed by atoms with van der Waals surface area (Å²) >= 11 is 2.89. The molecule has 1 atom stereocenters. The fourth-order valence-corrected chi connectivity index (χ4v) is 10.9. The smallest absolute Gasteiger partial charge is 0.317 e. The number of aromatic nitrogens is 8. The van der Waals surface area contributed by atoms with E-state index in [2.05, 4.69) is 72.1 Å². The van der Waals surface area contributed by atoms with E-state index in [9.17, 15) is 14.4 Å². The predicted molar refractivity (Wildman–Crippen MR) is 325 cm³/mol. The molecule has 10 aromatic rings. The first-order valence-electron chi connectivity index (χ1n) is 26.1. The summed E-state index contributed by atoms with van der Waals surface area (Å²) < 4.78 is 14.4. The molecule has 0 radical (unpaired) electrons. The molecular weight excluding hydrogens is 1110 g/mol. The summed E-state index contributed by atoms with van der Waals surface area (Å²) in [5.41, 5.74) is 4.00. The van der Waals surface area contributed by atoms with Gasteiger partial charge in [-0.2, -0.15) is 15.1 Å². The Kier molecular flexibility index (Phi) is 20.3. The molecule has 2 fully saturated rings. The minimum Gasteiger partial charge on any atom is -0.456 e. The Bertz CT molecular complexity index is 3650. The average Bonchev–Trinajstić information content (AvgIpc) is 4.52. The quantitative estimate of drug-likeness (QED) is 0.0499. The van der Waals surface area contributed by atoms with E-state index >= 15 is 0 Å². The maximum atomic E-state index is 12.8. The minimum absolute atomic E-state index is 0. The molecule has 420 valence electrons.